The summed E-state index contributed by atoms with van der Waals surface area (Å²) in [5.74, 6) is 1.43. The first kappa shape index (κ1) is 15.2. The lowest BCUT2D eigenvalue weighted by Gasteiger charge is -2.22. The molecule has 0 bridgehead atoms. The van der Waals surface area contributed by atoms with Crippen LogP contribution in [0.15, 0.2) is 33.3 Å². The lowest BCUT2D eigenvalue weighted by atomic mass is 10.2. The highest BCUT2D eigenvalue weighted by Gasteiger charge is 2.35. The summed E-state index contributed by atoms with van der Waals surface area (Å²) in [6, 6.07) is 7.90. The molecule has 2 heterocycles. The molecule has 5 nitrogen and oxygen atoms in total. The second kappa shape index (κ2) is 6.60. The van der Waals surface area contributed by atoms with E-state index in [0.717, 1.165) is 35.1 Å². The molecule has 1 fully saturated rings. The molecule has 0 spiro atoms. The Hall–Kier alpha value is -1.69. The van der Waals surface area contributed by atoms with Gasteiger partial charge >= 0.3 is 0 Å². The number of aromatic nitrogens is 2. The van der Waals surface area contributed by atoms with Crippen molar-refractivity contribution >= 4 is 21.8 Å². The van der Waals surface area contributed by atoms with Crippen LogP contribution < -0.4 is 0 Å². The standard InChI is InChI=1S/C16H18BrN3O2/c1-2-3-14-18-16(22-19-14)13-8-9-15(21)20(13)10-11-4-6-12(17)7-5-11/h4-7,13H,2-3,8-10H2,1H3. The molecule has 0 N–H and O–H groups in total. The maximum Gasteiger partial charge on any atom is 0.249 e. The van der Waals surface area contributed by atoms with Gasteiger partial charge in [-0.1, -0.05) is 40.1 Å². The van der Waals surface area contributed by atoms with Crippen LogP contribution in [0.3, 0.4) is 0 Å². The van der Waals surface area contributed by atoms with Gasteiger partial charge in [-0.25, -0.2) is 0 Å². The average molecular weight is 364 g/mol. The third kappa shape index (κ3) is 3.21. The van der Waals surface area contributed by atoms with E-state index in [1.54, 1.807) is 0 Å². The molecule has 1 atom stereocenters. The van der Waals surface area contributed by atoms with Crippen LogP contribution >= 0.6 is 15.9 Å². The molecular weight excluding hydrogens is 346 g/mol. The highest BCUT2D eigenvalue weighted by atomic mass is 79.9. The summed E-state index contributed by atoms with van der Waals surface area (Å²) < 4.78 is 6.40. The smallest absolute Gasteiger partial charge is 0.249 e. The monoisotopic (exact) mass is 363 g/mol. The first-order chi connectivity index (χ1) is 10.7. The molecule has 2 aromatic rings. The van der Waals surface area contributed by atoms with Gasteiger partial charge in [0.05, 0.1) is 0 Å². The molecule has 1 unspecified atom stereocenters. The van der Waals surface area contributed by atoms with Gasteiger partial charge in [0.2, 0.25) is 11.8 Å². The van der Waals surface area contributed by atoms with Crippen molar-refractivity contribution < 1.29 is 9.32 Å². The van der Waals surface area contributed by atoms with Crippen LogP contribution in [0.25, 0.3) is 0 Å². The second-order valence-corrected chi connectivity index (χ2v) is 6.42. The highest BCUT2D eigenvalue weighted by molar-refractivity contribution is 9.10. The molecule has 0 saturated carbocycles. The summed E-state index contributed by atoms with van der Waals surface area (Å²) >= 11 is 3.42. The number of halogens is 1. The first-order valence-electron chi connectivity index (χ1n) is 7.53. The predicted molar refractivity (Wildman–Crippen MR) is 85.0 cm³/mol. The maximum atomic E-state index is 12.2. The summed E-state index contributed by atoms with van der Waals surface area (Å²) in [6.07, 6.45) is 3.05. The van der Waals surface area contributed by atoms with Crippen LogP contribution in [0.4, 0.5) is 0 Å². The topological polar surface area (TPSA) is 59.2 Å². The molecule has 1 aliphatic heterocycles. The average Bonchev–Trinajstić information content (AvgIpc) is 3.10. The summed E-state index contributed by atoms with van der Waals surface area (Å²) in [6.45, 7) is 2.65. The summed E-state index contributed by atoms with van der Waals surface area (Å²) in [4.78, 5) is 18.5. The number of amides is 1. The largest absolute Gasteiger partial charge is 0.337 e. The van der Waals surface area contributed by atoms with E-state index in [0.29, 0.717) is 18.9 Å². The van der Waals surface area contributed by atoms with Crippen LogP contribution in [-0.2, 0) is 17.8 Å². The number of aryl methyl sites for hydroxylation is 1. The fourth-order valence-electron chi connectivity index (χ4n) is 2.70. The van der Waals surface area contributed by atoms with Crippen molar-refractivity contribution in [1.82, 2.24) is 15.0 Å². The van der Waals surface area contributed by atoms with Crippen LogP contribution in [0.1, 0.15) is 49.5 Å². The number of benzene rings is 1. The van der Waals surface area contributed by atoms with Gasteiger partial charge in [0, 0.05) is 23.9 Å². The number of rotatable bonds is 5. The Kier molecular flexibility index (Phi) is 4.57. The fraction of sp³-hybridized carbons (Fsp3) is 0.438. The number of hydrogen-bond acceptors (Lipinski definition) is 4. The molecule has 1 saturated heterocycles. The Morgan fingerprint density at radius 1 is 1.36 bits per heavy atom. The van der Waals surface area contributed by atoms with Crippen molar-refractivity contribution in [3.63, 3.8) is 0 Å². The molecule has 22 heavy (non-hydrogen) atoms. The minimum atomic E-state index is -0.103. The predicted octanol–water partition coefficient (Wildman–Crippen LogP) is 3.65. The zero-order chi connectivity index (χ0) is 15.5. The van der Waals surface area contributed by atoms with Crippen molar-refractivity contribution in [3.05, 3.63) is 46.0 Å². The molecule has 6 heteroatoms. The van der Waals surface area contributed by atoms with Gasteiger partial charge in [0.25, 0.3) is 0 Å². The third-order valence-corrected chi connectivity index (χ3v) is 4.37. The van der Waals surface area contributed by atoms with E-state index >= 15 is 0 Å². The Bertz CT molecular complexity index is 654. The SMILES string of the molecule is CCCc1noc(C2CCC(=O)N2Cc2ccc(Br)cc2)n1. The van der Waals surface area contributed by atoms with Gasteiger partial charge in [-0.15, -0.1) is 0 Å². The van der Waals surface area contributed by atoms with E-state index in [9.17, 15) is 4.79 Å². The van der Waals surface area contributed by atoms with E-state index < -0.39 is 0 Å². The number of carbonyl (C=O) groups excluding carboxylic acids is 1. The number of nitrogens with zero attached hydrogens (tertiary/aromatic N) is 3. The lowest BCUT2D eigenvalue weighted by Crippen LogP contribution is -2.27. The number of carbonyl (C=O) groups is 1. The molecule has 1 amide bonds. The molecule has 116 valence electrons. The number of hydrogen-bond donors (Lipinski definition) is 0. The molecule has 1 aromatic heterocycles. The van der Waals surface area contributed by atoms with Gasteiger partial charge in [0.1, 0.15) is 6.04 Å². The maximum absolute atomic E-state index is 12.2. The van der Waals surface area contributed by atoms with Crippen molar-refractivity contribution in [2.24, 2.45) is 0 Å². The van der Waals surface area contributed by atoms with Gasteiger partial charge in [0.15, 0.2) is 5.82 Å². The molecule has 1 aliphatic rings. The molecule has 0 radical (unpaired) electrons. The van der Waals surface area contributed by atoms with E-state index in [4.69, 9.17) is 4.52 Å². The van der Waals surface area contributed by atoms with E-state index in [1.807, 2.05) is 29.2 Å². The highest BCUT2D eigenvalue weighted by Crippen LogP contribution is 2.33. The Balaban J connectivity index is 1.77. The van der Waals surface area contributed by atoms with Gasteiger partial charge in [-0.2, -0.15) is 4.98 Å². The van der Waals surface area contributed by atoms with Crippen molar-refractivity contribution in [2.75, 3.05) is 0 Å². The molecular formula is C16H18BrN3O2. The first-order valence-corrected chi connectivity index (χ1v) is 8.33. The Morgan fingerprint density at radius 2 is 2.14 bits per heavy atom. The summed E-state index contributed by atoms with van der Waals surface area (Å²) in [5, 5.41) is 4.00. The fourth-order valence-corrected chi connectivity index (χ4v) is 2.97. The third-order valence-electron chi connectivity index (χ3n) is 3.84. The summed E-state index contributed by atoms with van der Waals surface area (Å²) in [5.41, 5.74) is 1.09. The van der Waals surface area contributed by atoms with Crippen LogP contribution in [0.5, 0.6) is 0 Å². The normalized spacial score (nSPS) is 18.2. The van der Waals surface area contributed by atoms with E-state index in [-0.39, 0.29) is 11.9 Å². The van der Waals surface area contributed by atoms with Crippen LogP contribution in [0, 0.1) is 0 Å². The molecule has 1 aromatic carbocycles. The lowest BCUT2D eigenvalue weighted by molar-refractivity contribution is -0.129. The quantitative estimate of drug-likeness (QED) is 0.813. The summed E-state index contributed by atoms with van der Waals surface area (Å²) in [7, 11) is 0. The van der Waals surface area contributed by atoms with Crippen LogP contribution in [0.2, 0.25) is 0 Å². The van der Waals surface area contributed by atoms with E-state index in [2.05, 4.69) is 33.0 Å². The Morgan fingerprint density at radius 3 is 2.86 bits per heavy atom. The number of likely N-dealkylation sites (tertiary alicyclic amines) is 1. The van der Waals surface area contributed by atoms with Gasteiger partial charge < -0.3 is 9.42 Å². The minimum absolute atomic E-state index is 0.103. The van der Waals surface area contributed by atoms with Gasteiger partial charge in [-0.3, -0.25) is 4.79 Å². The van der Waals surface area contributed by atoms with Crippen molar-refractivity contribution in [3.8, 4) is 0 Å². The molecule has 0 aliphatic carbocycles. The minimum Gasteiger partial charge on any atom is -0.337 e. The van der Waals surface area contributed by atoms with Crippen LogP contribution in [-0.4, -0.2) is 20.9 Å². The van der Waals surface area contributed by atoms with E-state index in [1.165, 1.54) is 0 Å². The Labute approximate surface area is 137 Å². The second-order valence-electron chi connectivity index (χ2n) is 5.50. The zero-order valence-corrected chi connectivity index (χ0v) is 14.0. The van der Waals surface area contributed by atoms with Crippen molar-refractivity contribution in [2.45, 2.75) is 45.2 Å². The zero-order valence-electron chi connectivity index (χ0n) is 12.5. The molecule has 3 rings (SSSR count). The van der Waals surface area contributed by atoms with Crippen molar-refractivity contribution in [1.29, 1.82) is 0 Å². The van der Waals surface area contributed by atoms with Gasteiger partial charge in [-0.05, 0) is 30.5 Å².